The van der Waals surface area contributed by atoms with Crippen molar-refractivity contribution in [2.75, 3.05) is 5.94 Å². The summed E-state index contributed by atoms with van der Waals surface area (Å²) in [5.74, 6) is 2.66. The second kappa shape index (κ2) is 6.52. The fourth-order valence-corrected chi connectivity index (χ4v) is 2.31. The van der Waals surface area contributed by atoms with Crippen LogP contribution < -0.4 is 4.74 Å². The van der Waals surface area contributed by atoms with Crippen molar-refractivity contribution >= 4 is 47.2 Å². The number of aromatic amines is 1. The second-order valence-corrected chi connectivity index (χ2v) is 5.45. The third-order valence-electron chi connectivity index (χ3n) is 2.02. The number of halogens is 2. The van der Waals surface area contributed by atoms with Crippen molar-refractivity contribution in [1.29, 1.82) is 0 Å². The molecule has 0 spiro atoms. The van der Waals surface area contributed by atoms with Crippen molar-refractivity contribution in [3.05, 3.63) is 45.0 Å². The van der Waals surface area contributed by atoms with Gasteiger partial charge in [0, 0.05) is 12.3 Å². The fraction of sp³-hybridized carbons (Fsp3) is 0.182. The number of hydrogen-bond donors (Lipinski definition) is 1. The molecular formula is C11H9Cl2NO2S2. The van der Waals surface area contributed by atoms with E-state index < -0.39 is 0 Å². The standard InChI is InChI=1S/C11H9Cl2NO2S2/c12-9-2-1-7(3-10(9)13)15-6-18-5-8-4-14-11(17)16-8/h1-4H,5-6H2,(H,14,17). The van der Waals surface area contributed by atoms with Crippen LogP contribution in [0, 0.1) is 4.84 Å². The van der Waals surface area contributed by atoms with Gasteiger partial charge in [0.25, 0.3) is 4.84 Å². The lowest BCUT2D eigenvalue weighted by Crippen LogP contribution is -1.93. The first-order chi connectivity index (χ1) is 8.65. The Labute approximate surface area is 123 Å². The molecule has 0 fully saturated rings. The van der Waals surface area contributed by atoms with Crippen LogP contribution in [0.1, 0.15) is 5.76 Å². The molecule has 0 bridgehead atoms. The Balaban J connectivity index is 1.78. The van der Waals surface area contributed by atoms with Gasteiger partial charge in [-0.2, -0.15) is 0 Å². The molecule has 0 radical (unpaired) electrons. The normalized spacial score (nSPS) is 10.6. The zero-order chi connectivity index (χ0) is 13.0. The summed E-state index contributed by atoms with van der Waals surface area (Å²) in [4.78, 5) is 3.19. The Morgan fingerprint density at radius 1 is 1.33 bits per heavy atom. The summed E-state index contributed by atoms with van der Waals surface area (Å²) in [5.41, 5.74) is 0. The predicted molar refractivity (Wildman–Crippen MR) is 77.1 cm³/mol. The van der Waals surface area contributed by atoms with Gasteiger partial charge in [-0.15, -0.1) is 11.8 Å². The van der Waals surface area contributed by atoms with Gasteiger partial charge in [0.15, 0.2) is 0 Å². The van der Waals surface area contributed by atoms with Crippen LogP contribution in [0.15, 0.2) is 28.8 Å². The second-order valence-electron chi connectivity index (χ2n) is 3.33. The summed E-state index contributed by atoms with van der Waals surface area (Å²) in [6.07, 6.45) is 1.74. The van der Waals surface area contributed by atoms with Gasteiger partial charge < -0.3 is 14.1 Å². The molecule has 18 heavy (non-hydrogen) atoms. The van der Waals surface area contributed by atoms with Gasteiger partial charge in [0.05, 0.1) is 15.8 Å². The van der Waals surface area contributed by atoms with Crippen LogP contribution in [0.4, 0.5) is 0 Å². The van der Waals surface area contributed by atoms with Gasteiger partial charge in [-0.3, -0.25) is 0 Å². The monoisotopic (exact) mass is 321 g/mol. The molecule has 2 aromatic rings. The minimum atomic E-state index is 0.385. The molecule has 3 nitrogen and oxygen atoms in total. The maximum Gasteiger partial charge on any atom is 0.266 e. The van der Waals surface area contributed by atoms with Crippen molar-refractivity contribution in [2.45, 2.75) is 5.75 Å². The first kappa shape index (κ1) is 13.8. The van der Waals surface area contributed by atoms with E-state index in [1.165, 1.54) is 0 Å². The lowest BCUT2D eigenvalue weighted by molar-refractivity contribution is 0.392. The van der Waals surface area contributed by atoms with E-state index in [1.54, 1.807) is 36.2 Å². The van der Waals surface area contributed by atoms with E-state index in [9.17, 15) is 0 Å². The average molecular weight is 322 g/mol. The largest absolute Gasteiger partial charge is 0.483 e. The molecule has 0 atom stereocenters. The van der Waals surface area contributed by atoms with Crippen LogP contribution in [-0.4, -0.2) is 10.9 Å². The minimum absolute atomic E-state index is 0.385. The molecule has 0 saturated carbocycles. The molecule has 1 N–H and O–H groups in total. The van der Waals surface area contributed by atoms with E-state index in [1.807, 2.05) is 0 Å². The van der Waals surface area contributed by atoms with Crippen LogP contribution in [0.2, 0.25) is 10.0 Å². The number of hydrogen-bond acceptors (Lipinski definition) is 4. The number of thioether (sulfide) groups is 1. The summed E-state index contributed by atoms with van der Waals surface area (Å²) < 4.78 is 10.7. The van der Waals surface area contributed by atoms with E-state index in [4.69, 9.17) is 44.6 Å². The van der Waals surface area contributed by atoms with Crippen LogP contribution in [0.3, 0.4) is 0 Å². The summed E-state index contributed by atoms with van der Waals surface area (Å²) in [6, 6.07) is 5.16. The zero-order valence-electron chi connectivity index (χ0n) is 9.11. The molecule has 2 rings (SSSR count). The van der Waals surface area contributed by atoms with Gasteiger partial charge in [-0.25, -0.2) is 0 Å². The summed E-state index contributed by atoms with van der Waals surface area (Å²) in [6.45, 7) is 0. The first-order valence-corrected chi connectivity index (χ1v) is 7.30. The van der Waals surface area contributed by atoms with Gasteiger partial charge in [-0.05, 0) is 24.4 Å². The molecule has 0 unspecified atom stereocenters. The maximum absolute atomic E-state index is 5.88. The Morgan fingerprint density at radius 2 is 2.17 bits per heavy atom. The molecule has 1 aromatic carbocycles. The SMILES string of the molecule is S=c1[nH]cc(CSCOc2ccc(Cl)c(Cl)c2)o1. The summed E-state index contributed by atoms with van der Waals surface area (Å²) in [5, 5.41) is 0.997. The maximum atomic E-state index is 5.88. The zero-order valence-corrected chi connectivity index (χ0v) is 12.3. The third kappa shape index (κ3) is 3.95. The molecule has 0 saturated heterocycles. The number of benzene rings is 1. The number of nitrogens with one attached hydrogen (secondary N) is 1. The van der Waals surface area contributed by atoms with Gasteiger partial charge in [-0.1, -0.05) is 23.2 Å². The van der Waals surface area contributed by atoms with E-state index in [2.05, 4.69) is 4.98 Å². The average Bonchev–Trinajstić information content (AvgIpc) is 2.75. The van der Waals surface area contributed by atoms with E-state index in [0.29, 0.717) is 32.3 Å². The molecule has 0 aliphatic carbocycles. The lowest BCUT2D eigenvalue weighted by atomic mass is 10.3. The fourth-order valence-electron chi connectivity index (χ4n) is 1.21. The lowest BCUT2D eigenvalue weighted by Gasteiger charge is -2.05. The number of ether oxygens (including phenoxy) is 1. The number of H-pyrrole nitrogens is 1. The van der Waals surface area contributed by atoms with Crippen molar-refractivity contribution < 1.29 is 9.15 Å². The summed E-state index contributed by atoms with van der Waals surface area (Å²) >= 11 is 18.1. The van der Waals surface area contributed by atoms with Crippen LogP contribution in [0.25, 0.3) is 0 Å². The van der Waals surface area contributed by atoms with E-state index in [-0.39, 0.29) is 0 Å². The molecule has 0 aliphatic heterocycles. The molecule has 0 aliphatic rings. The Bertz CT molecular complexity index is 582. The van der Waals surface area contributed by atoms with Gasteiger partial charge in [0.1, 0.15) is 17.4 Å². The Kier molecular flexibility index (Phi) is 5.00. The Morgan fingerprint density at radius 3 is 2.83 bits per heavy atom. The highest BCUT2D eigenvalue weighted by atomic mass is 35.5. The van der Waals surface area contributed by atoms with Crippen molar-refractivity contribution in [2.24, 2.45) is 0 Å². The van der Waals surface area contributed by atoms with E-state index >= 15 is 0 Å². The highest BCUT2D eigenvalue weighted by molar-refractivity contribution is 7.98. The molecule has 1 aromatic heterocycles. The quantitative estimate of drug-likeness (QED) is 0.482. The topological polar surface area (TPSA) is 38.2 Å². The first-order valence-electron chi connectivity index (χ1n) is 4.98. The Hall–Kier alpha value is -0.620. The van der Waals surface area contributed by atoms with Crippen molar-refractivity contribution in [3.8, 4) is 5.75 Å². The van der Waals surface area contributed by atoms with Crippen LogP contribution in [-0.2, 0) is 5.75 Å². The molecular weight excluding hydrogens is 313 g/mol. The smallest absolute Gasteiger partial charge is 0.266 e. The van der Waals surface area contributed by atoms with Crippen LogP contribution >= 0.6 is 47.2 Å². The highest BCUT2D eigenvalue weighted by Crippen LogP contribution is 2.27. The third-order valence-corrected chi connectivity index (χ3v) is 3.73. The van der Waals surface area contributed by atoms with Crippen molar-refractivity contribution in [1.82, 2.24) is 4.98 Å². The highest BCUT2D eigenvalue weighted by Gasteiger charge is 2.01. The van der Waals surface area contributed by atoms with Gasteiger partial charge >= 0.3 is 0 Å². The van der Waals surface area contributed by atoms with Crippen LogP contribution in [0.5, 0.6) is 5.75 Å². The van der Waals surface area contributed by atoms with E-state index in [0.717, 1.165) is 5.76 Å². The molecule has 1 heterocycles. The minimum Gasteiger partial charge on any atom is -0.483 e. The predicted octanol–water partition coefficient (Wildman–Crippen LogP) is 4.91. The van der Waals surface area contributed by atoms with Gasteiger partial charge in [0.2, 0.25) is 0 Å². The number of aromatic nitrogens is 1. The molecule has 7 heteroatoms. The summed E-state index contributed by atoms with van der Waals surface area (Å²) in [7, 11) is 0. The molecule has 0 amide bonds. The number of rotatable bonds is 5. The number of oxazole rings is 1. The van der Waals surface area contributed by atoms with Crippen molar-refractivity contribution in [3.63, 3.8) is 0 Å². The molecule has 96 valence electrons.